The summed E-state index contributed by atoms with van der Waals surface area (Å²) in [6, 6.07) is 1.51. The van der Waals surface area contributed by atoms with Crippen LogP contribution < -0.4 is 4.72 Å². The fourth-order valence-electron chi connectivity index (χ4n) is 0.903. The molecule has 0 atom stereocenters. The lowest BCUT2D eigenvalue weighted by Gasteiger charge is -2.01. The lowest BCUT2D eigenvalue weighted by Crippen LogP contribution is -2.13. The molecule has 0 aliphatic carbocycles. The molecule has 0 aromatic carbocycles. The van der Waals surface area contributed by atoms with Gasteiger partial charge in [0.2, 0.25) is 0 Å². The van der Waals surface area contributed by atoms with E-state index in [4.69, 9.17) is 0 Å². The third kappa shape index (κ3) is 1.59. The molecule has 2 heterocycles. The van der Waals surface area contributed by atoms with Crippen molar-refractivity contribution in [2.45, 2.75) is 5.03 Å². The molecule has 0 radical (unpaired) electrons. The summed E-state index contributed by atoms with van der Waals surface area (Å²) in [6.07, 6.45) is 3.96. The molecular weight excluding hydrogens is 206 g/mol. The van der Waals surface area contributed by atoms with Gasteiger partial charge in [-0.2, -0.15) is 13.5 Å². The van der Waals surface area contributed by atoms with Gasteiger partial charge < -0.3 is 4.98 Å². The van der Waals surface area contributed by atoms with Crippen LogP contribution in [0.2, 0.25) is 0 Å². The first-order chi connectivity index (χ1) is 6.68. The average Bonchev–Trinajstić information content (AvgIpc) is 2.71. The van der Waals surface area contributed by atoms with Gasteiger partial charge in [-0.1, -0.05) is 0 Å². The van der Waals surface area contributed by atoms with Crippen molar-refractivity contribution in [1.82, 2.24) is 20.2 Å². The van der Waals surface area contributed by atoms with Crippen LogP contribution in [0.15, 0.2) is 29.8 Å². The number of rotatable bonds is 3. The highest BCUT2D eigenvalue weighted by atomic mass is 32.2. The molecule has 0 saturated heterocycles. The lowest BCUT2D eigenvalue weighted by atomic mass is 10.7. The molecule has 0 aliphatic rings. The van der Waals surface area contributed by atoms with E-state index >= 15 is 0 Å². The molecule has 2 aromatic heterocycles. The van der Waals surface area contributed by atoms with Crippen molar-refractivity contribution in [2.75, 3.05) is 4.72 Å². The summed E-state index contributed by atoms with van der Waals surface area (Å²) in [6.45, 7) is 0. The molecule has 14 heavy (non-hydrogen) atoms. The maximum atomic E-state index is 11.5. The molecule has 0 aliphatic heterocycles. The monoisotopic (exact) mass is 213 g/mol. The van der Waals surface area contributed by atoms with E-state index in [1.54, 1.807) is 0 Å². The van der Waals surface area contributed by atoms with E-state index in [1.807, 2.05) is 0 Å². The molecule has 0 saturated carbocycles. The zero-order chi connectivity index (χ0) is 10.0. The fraction of sp³-hybridized carbons (Fsp3) is 0. The number of imidazole rings is 1. The van der Waals surface area contributed by atoms with Crippen molar-refractivity contribution in [2.24, 2.45) is 0 Å². The smallest absolute Gasteiger partial charge is 0.280 e. The molecule has 0 amide bonds. The van der Waals surface area contributed by atoms with Crippen molar-refractivity contribution < 1.29 is 8.42 Å². The van der Waals surface area contributed by atoms with Gasteiger partial charge in [0.25, 0.3) is 10.0 Å². The van der Waals surface area contributed by atoms with E-state index in [9.17, 15) is 8.42 Å². The Kier molecular flexibility index (Phi) is 1.97. The second kappa shape index (κ2) is 3.14. The zero-order valence-electron chi connectivity index (χ0n) is 6.93. The van der Waals surface area contributed by atoms with Crippen molar-refractivity contribution in [1.29, 1.82) is 0 Å². The molecule has 3 N–H and O–H groups in total. The average molecular weight is 213 g/mol. The number of hydrogen-bond acceptors (Lipinski definition) is 4. The summed E-state index contributed by atoms with van der Waals surface area (Å²) in [5, 5.41) is 6.10. The maximum Gasteiger partial charge on any atom is 0.280 e. The van der Waals surface area contributed by atoms with E-state index in [2.05, 4.69) is 24.9 Å². The van der Waals surface area contributed by atoms with Crippen LogP contribution in [0.4, 0.5) is 5.82 Å². The summed E-state index contributed by atoms with van der Waals surface area (Å²) in [4.78, 5) is 6.11. The summed E-state index contributed by atoms with van der Waals surface area (Å²) >= 11 is 0. The number of aromatic nitrogens is 4. The number of aromatic amines is 2. The Hall–Kier alpha value is -1.83. The van der Waals surface area contributed by atoms with Crippen molar-refractivity contribution in [3.05, 3.63) is 24.8 Å². The first-order valence-electron chi connectivity index (χ1n) is 3.69. The van der Waals surface area contributed by atoms with Crippen LogP contribution in [-0.2, 0) is 10.0 Å². The minimum atomic E-state index is -3.58. The van der Waals surface area contributed by atoms with Gasteiger partial charge in [0.15, 0.2) is 5.03 Å². The summed E-state index contributed by atoms with van der Waals surface area (Å²) < 4.78 is 25.3. The minimum Gasteiger partial charge on any atom is -0.334 e. The topological polar surface area (TPSA) is 104 Å². The SMILES string of the molecule is O=S(=O)(Nc1ccn[nH]1)c1cnc[nH]1. The van der Waals surface area contributed by atoms with Gasteiger partial charge in [-0.15, -0.1) is 0 Å². The largest absolute Gasteiger partial charge is 0.334 e. The van der Waals surface area contributed by atoms with Crippen LogP contribution >= 0.6 is 0 Å². The lowest BCUT2D eigenvalue weighted by molar-refractivity contribution is 0.598. The van der Waals surface area contributed by atoms with Gasteiger partial charge in [0, 0.05) is 6.07 Å². The molecule has 2 rings (SSSR count). The Morgan fingerprint density at radius 2 is 2.29 bits per heavy atom. The zero-order valence-corrected chi connectivity index (χ0v) is 7.75. The van der Waals surface area contributed by atoms with Gasteiger partial charge in [0.05, 0.1) is 18.7 Å². The van der Waals surface area contributed by atoms with E-state index in [1.165, 1.54) is 24.8 Å². The van der Waals surface area contributed by atoms with Crippen LogP contribution in [0.25, 0.3) is 0 Å². The second-order valence-corrected chi connectivity index (χ2v) is 4.14. The number of hydrogen-bond donors (Lipinski definition) is 3. The molecule has 0 fully saturated rings. The number of H-pyrrole nitrogens is 2. The molecule has 0 spiro atoms. The highest BCUT2D eigenvalue weighted by molar-refractivity contribution is 7.92. The quantitative estimate of drug-likeness (QED) is 0.664. The van der Waals surface area contributed by atoms with Crippen LogP contribution in [0.1, 0.15) is 0 Å². The highest BCUT2D eigenvalue weighted by Crippen LogP contribution is 2.09. The van der Waals surface area contributed by atoms with Gasteiger partial charge in [-0.3, -0.25) is 9.82 Å². The third-order valence-electron chi connectivity index (χ3n) is 1.51. The van der Waals surface area contributed by atoms with Gasteiger partial charge in [0.1, 0.15) is 5.82 Å². The van der Waals surface area contributed by atoms with E-state index < -0.39 is 10.0 Å². The Balaban J connectivity index is 2.27. The molecule has 0 unspecified atom stereocenters. The predicted octanol–water partition coefficient (Wildman–Crippen LogP) is -0.0664. The van der Waals surface area contributed by atoms with Crippen molar-refractivity contribution in [3.63, 3.8) is 0 Å². The summed E-state index contributed by atoms with van der Waals surface area (Å²) in [5.41, 5.74) is 0. The maximum absolute atomic E-state index is 11.5. The van der Waals surface area contributed by atoms with Gasteiger partial charge in [-0.25, -0.2) is 4.98 Å². The Labute approximate surface area is 79.6 Å². The van der Waals surface area contributed by atoms with Crippen molar-refractivity contribution in [3.8, 4) is 0 Å². The number of nitrogens with one attached hydrogen (secondary N) is 3. The molecular formula is C6H7N5O2S. The number of anilines is 1. The standard InChI is InChI=1S/C6H7N5O2S/c12-14(13,6-3-7-4-8-6)11-5-1-2-9-10-5/h1-4H,(H,7,8)(H2,9,10,11). The Bertz CT molecular complexity index is 486. The molecule has 7 nitrogen and oxygen atoms in total. The first kappa shape index (κ1) is 8.75. The molecule has 2 aromatic rings. The number of nitrogens with zero attached hydrogens (tertiary/aromatic N) is 2. The van der Waals surface area contributed by atoms with Crippen LogP contribution in [0.3, 0.4) is 0 Å². The highest BCUT2D eigenvalue weighted by Gasteiger charge is 2.15. The second-order valence-electron chi connectivity index (χ2n) is 2.49. The van der Waals surface area contributed by atoms with Gasteiger partial charge in [-0.05, 0) is 0 Å². The minimum absolute atomic E-state index is 0.00657. The molecule has 0 bridgehead atoms. The Morgan fingerprint density at radius 1 is 1.43 bits per heavy atom. The first-order valence-corrected chi connectivity index (χ1v) is 5.17. The Morgan fingerprint density at radius 3 is 2.86 bits per heavy atom. The normalized spacial score (nSPS) is 11.4. The van der Waals surface area contributed by atoms with Gasteiger partial charge >= 0.3 is 0 Å². The van der Waals surface area contributed by atoms with Crippen molar-refractivity contribution >= 4 is 15.8 Å². The summed E-state index contributed by atoms with van der Waals surface area (Å²) in [7, 11) is -3.58. The number of sulfonamides is 1. The van der Waals surface area contributed by atoms with E-state index in [0.717, 1.165) is 0 Å². The van der Waals surface area contributed by atoms with Crippen LogP contribution in [0.5, 0.6) is 0 Å². The van der Waals surface area contributed by atoms with Crippen LogP contribution in [0, 0.1) is 0 Å². The molecule has 8 heteroatoms. The van der Waals surface area contributed by atoms with E-state index in [0.29, 0.717) is 5.82 Å². The predicted molar refractivity (Wildman–Crippen MR) is 48.0 cm³/mol. The fourth-order valence-corrected chi connectivity index (χ4v) is 1.82. The van der Waals surface area contributed by atoms with Crippen LogP contribution in [-0.4, -0.2) is 28.6 Å². The molecule has 74 valence electrons. The summed E-state index contributed by atoms with van der Waals surface area (Å²) in [5.74, 6) is 0.305. The third-order valence-corrected chi connectivity index (χ3v) is 2.80. The van der Waals surface area contributed by atoms with E-state index in [-0.39, 0.29) is 5.03 Å².